The van der Waals surface area contributed by atoms with Crippen LogP contribution in [0.2, 0.25) is 0 Å². The summed E-state index contributed by atoms with van der Waals surface area (Å²) in [5.41, 5.74) is 0.973. The minimum Gasteiger partial charge on any atom is -0.335 e. The first kappa shape index (κ1) is 15.5. The molecule has 0 aromatic heterocycles. The topological polar surface area (TPSA) is 32.3 Å². The van der Waals surface area contributed by atoms with Gasteiger partial charge in [0, 0.05) is 25.0 Å². The van der Waals surface area contributed by atoms with Gasteiger partial charge in [0.15, 0.2) is 0 Å². The molecule has 120 valence electrons. The SMILES string of the molecule is CC(CC(=O)N1C2CCNCC1CC2)Cc1cccc(F)c1. The minimum atomic E-state index is -0.201. The van der Waals surface area contributed by atoms with Crippen LogP contribution in [0.1, 0.15) is 38.2 Å². The Morgan fingerprint density at radius 1 is 1.36 bits per heavy atom. The number of carbonyl (C=O) groups excluding carboxylic acids is 1. The Morgan fingerprint density at radius 3 is 3.00 bits per heavy atom. The van der Waals surface area contributed by atoms with Gasteiger partial charge in [-0.25, -0.2) is 4.39 Å². The first-order chi connectivity index (χ1) is 10.6. The summed E-state index contributed by atoms with van der Waals surface area (Å²) in [4.78, 5) is 14.8. The van der Waals surface area contributed by atoms with E-state index in [0.29, 0.717) is 18.5 Å². The van der Waals surface area contributed by atoms with Gasteiger partial charge in [0.25, 0.3) is 0 Å². The molecule has 0 saturated carbocycles. The van der Waals surface area contributed by atoms with Gasteiger partial charge in [-0.3, -0.25) is 4.79 Å². The normalized spacial score (nSPS) is 25.8. The summed E-state index contributed by atoms with van der Waals surface area (Å²) in [5, 5.41) is 3.43. The van der Waals surface area contributed by atoms with Crippen molar-refractivity contribution in [1.82, 2.24) is 10.2 Å². The quantitative estimate of drug-likeness (QED) is 0.927. The predicted molar refractivity (Wildman–Crippen MR) is 85.0 cm³/mol. The molecule has 2 fully saturated rings. The summed E-state index contributed by atoms with van der Waals surface area (Å²) in [6.45, 7) is 4.03. The summed E-state index contributed by atoms with van der Waals surface area (Å²) in [6.07, 6.45) is 4.66. The Bertz CT molecular complexity index is 520. The molecule has 0 radical (unpaired) electrons. The summed E-state index contributed by atoms with van der Waals surface area (Å²) in [5.74, 6) is 0.317. The molecular weight excluding hydrogens is 279 g/mol. The zero-order valence-corrected chi connectivity index (χ0v) is 13.2. The lowest BCUT2D eigenvalue weighted by atomic mass is 9.97. The number of hydrogen-bond donors (Lipinski definition) is 1. The van der Waals surface area contributed by atoms with Crippen molar-refractivity contribution in [2.24, 2.45) is 5.92 Å². The van der Waals surface area contributed by atoms with E-state index in [1.807, 2.05) is 6.07 Å². The van der Waals surface area contributed by atoms with Crippen molar-refractivity contribution >= 4 is 5.91 Å². The monoisotopic (exact) mass is 304 g/mol. The largest absolute Gasteiger partial charge is 0.335 e. The van der Waals surface area contributed by atoms with Crippen molar-refractivity contribution in [3.8, 4) is 0 Å². The first-order valence-corrected chi connectivity index (χ1v) is 8.40. The molecule has 0 aliphatic carbocycles. The van der Waals surface area contributed by atoms with Crippen LogP contribution in [0.5, 0.6) is 0 Å². The fourth-order valence-electron chi connectivity index (χ4n) is 3.93. The van der Waals surface area contributed by atoms with Crippen LogP contribution >= 0.6 is 0 Å². The molecule has 4 heteroatoms. The third-order valence-corrected chi connectivity index (χ3v) is 4.94. The Balaban J connectivity index is 1.59. The zero-order chi connectivity index (χ0) is 15.5. The van der Waals surface area contributed by atoms with E-state index in [9.17, 15) is 9.18 Å². The highest BCUT2D eigenvalue weighted by molar-refractivity contribution is 5.77. The fourth-order valence-corrected chi connectivity index (χ4v) is 3.93. The molecule has 22 heavy (non-hydrogen) atoms. The molecule has 1 amide bonds. The summed E-state index contributed by atoms with van der Waals surface area (Å²) in [6, 6.07) is 7.50. The van der Waals surface area contributed by atoms with Gasteiger partial charge in [-0.15, -0.1) is 0 Å². The van der Waals surface area contributed by atoms with Gasteiger partial charge in [0.1, 0.15) is 5.82 Å². The molecule has 0 spiro atoms. The number of benzene rings is 1. The molecule has 3 atom stereocenters. The van der Waals surface area contributed by atoms with Crippen LogP contribution in [-0.4, -0.2) is 36.0 Å². The van der Waals surface area contributed by atoms with Gasteiger partial charge in [-0.1, -0.05) is 19.1 Å². The van der Waals surface area contributed by atoms with Gasteiger partial charge in [0.2, 0.25) is 5.91 Å². The lowest BCUT2D eigenvalue weighted by Gasteiger charge is -2.29. The molecular formula is C18H25FN2O. The van der Waals surface area contributed by atoms with E-state index in [2.05, 4.69) is 17.1 Å². The van der Waals surface area contributed by atoms with E-state index < -0.39 is 0 Å². The molecule has 2 heterocycles. The Labute approximate surface area is 131 Å². The molecule has 2 saturated heterocycles. The molecule has 3 unspecified atom stereocenters. The minimum absolute atomic E-state index is 0.201. The third-order valence-electron chi connectivity index (χ3n) is 4.94. The molecule has 2 aliphatic heterocycles. The van der Waals surface area contributed by atoms with Crippen molar-refractivity contribution in [2.45, 2.75) is 51.1 Å². The maximum Gasteiger partial charge on any atom is 0.223 e. The Kier molecular flexibility index (Phi) is 4.77. The standard InChI is InChI=1S/C18H25FN2O/c1-13(9-14-3-2-4-15(19)11-14)10-18(22)21-16-5-6-17(21)12-20-8-7-16/h2-4,11,13,16-17,20H,5-10,12H2,1H3. The molecule has 3 rings (SSSR count). The van der Waals surface area contributed by atoms with Crippen molar-refractivity contribution < 1.29 is 9.18 Å². The second kappa shape index (κ2) is 6.78. The first-order valence-electron chi connectivity index (χ1n) is 8.40. The van der Waals surface area contributed by atoms with Crippen molar-refractivity contribution in [2.75, 3.05) is 13.1 Å². The van der Waals surface area contributed by atoms with Crippen molar-refractivity contribution in [3.63, 3.8) is 0 Å². The van der Waals surface area contributed by atoms with Crippen LogP contribution in [0.4, 0.5) is 4.39 Å². The number of amides is 1. The maximum atomic E-state index is 13.2. The van der Waals surface area contributed by atoms with E-state index >= 15 is 0 Å². The number of rotatable bonds is 4. The second-order valence-electron chi connectivity index (χ2n) is 6.82. The fraction of sp³-hybridized carbons (Fsp3) is 0.611. The molecule has 3 nitrogen and oxygen atoms in total. The summed E-state index contributed by atoms with van der Waals surface area (Å²) >= 11 is 0. The van der Waals surface area contributed by atoms with Crippen LogP contribution in [0.15, 0.2) is 24.3 Å². The van der Waals surface area contributed by atoms with E-state index in [1.165, 1.54) is 6.07 Å². The Morgan fingerprint density at radius 2 is 2.18 bits per heavy atom. The van der Waals surface area contributed by atoms with Gasteiger partial charge in [-0.2, -0.15) is 0 Å². The number of fused-ring (bicyclic) bond motifs is 2. The summed E-state index contributed by atoms with van der Waals surface area (Å²) in [7, 11) is 0. The number of nitrogens with one attached hydrogen (secondary N) is 1. The maximum absolute atomic E-state index is 13.2. The highest BCUT2D eigenvalue weighted by Gasteiger charge is 2.37. The number of hydrogen-bond acceptors (Lipinski definition) is 2. The van der Waals surface area contributed by atoms with Crippen LogP contribution in [0, 0.1) is 11.7 Å². The second-order valence-corrected chi connectivity index (χ2v) is 6.82. The van der Waals surface area contributed by atoms with Crippen molar-refractivity contribution in [1.29, 1.82) is 0 Å². The van der Waals surface area contributed by atoms with Gasteiger partial charge in [-0.05, 0) is 55.8 Å². The Hall–Kier alpha value is -1.42. The van der Waals surface area contributed by atoms with Gasteiger partial charge >= 0.3 is 0 Å². The zero-order valence-electron chi connectivity index (χ0n) is 13.2. The highest BCUT2D eigenvalue weighted by Crippen LogP contribution is 2.29. The molecule has 1 aromatic rings. The summed E-state index contributed by atoms with van der Waals surface area (Å²) < 4.78 is 13.2. The third kappa shape index (κ3) is 3.49. The van der Waals surface area contributed by atoms with Crippen molar-refractivity contribution in [3.05, 3.63) is 35.6 Å². The molecule has 1 N–H and O–H groups in total. The number of nitrogens with zero attached hydrogens (tertiary/aromatic N) is 1. The lowest BCUT2D eigenvalue weighted by molar-refractivity contribution is -0.134. The average molecular weight is 304 g/mol. The van der Waals surface area contributed by atoms with Gasteiger partial charge < -0.3 is 10.2 Å². The van der Waals surface area contributed by atoms with Gasteiger partial charge in [0.05, 0.1) is 0 Å². The predicted octanol–water partition coefficient (Wildman–Crippen LogP) is 2.75. The average Bonchev–Trinajstić information content (AvgIpc) is 2.72. The van der Waals surface area contributed by atoms with E-state index in [1.54, 1.807) is 12.1 Å². The molecule has 2 bridgehead atoms. The van der Waals surface area contributed by atoms with E-state index in [4.69, 9.17) is 0 Å². The highest BCUT2D eigenvalue weighted by atomic mass is 19.1. The smallest absolute Gasteiger partial charge is 0.223 e. The number of halogens is 1. The molecule has 2 aliphatic rings. The van der Waals surface area contributed by atoms with E-state index in [0.717, 1.165) is 44.3 Å². The lowest BCUT2D eigenvalue weighted by Crippen LogP contribution is -2.43. The number of carbonyl (C=O) groups is 1. The van der Waals surface area contributed by atoms with Crippen LogP contribution < -0.4 is 5.32 Å². The molecule has 1 aromatic carbocycles. The van der Waals surface area contributed by atoms with Crippen LogP contribution in [-0.2, 0) is 11.2 Å². The van der Waals surface area contributed by atoms with Crippen LogP contribution in [0.25, 0.3) is 0 Å². The van der Waals surface area contributed by atoms with E-state index in [-0.39, 0.29) is 17.6 Å². The van der Waals surface area contributed by atoms with Crippen LogP contribution in [0.3, 0.4) is 0 Å².